The van der Waals surface area contributed by atoms with Crippen molar-refractivity contribution in [2.45, 2.75) is 6.18 Å². The summed E-state index contributed by atoms with van der Waals surface area (Å²) in [5.41, 5.74) is -0.774. The van der Waals surface area contributed by atoms with Gasteiger partial charge in [-0.2, -0.15) is 13.2 Å². The lowest BCUT2D eigenvalue weighted by Gasteiger charge is -2.08. The number of benzene rings is 1. The van der Waals surface area contributed by atoms with Crippen LogP contribution in [0, 0.1) is 0 Å². The van der Waals surface area contributed by atoms with Crippen LogP contribution >= 0.6 is 34.2 Å². The molecule has 0 bridgehead atoms. The molecule has 0 unspecified atom stereocenters. The lowest BCUT2D eigenvalue weighted by molar-refractivity contribution is -0.137. The van der Waals surface area contributed by atoms with Gasteiger partial charge in [0.2, 0.25) is 3.79 Å². The van der Waals surface area contributed by atoms with Gasteiger partial charge in [0.1, 0.15) is 0 Å². The fourth-order valence-corrected chi connectivity index (χ4v) is 1.49. The molecule has 14 heavy (non-hydrogen) atoms. The van der Waals surface area contributed by atoms with E-state index in [4.69, 9.17) is 11.6 Å². The first-order valence-corrected chi connectivity index (χ1v) is 4.84. The minimum absolute atomic E-state index is 0.156. The van der Waals surface area contributed by atoms with E-state index >= 15 is 0 Å². The topological polar surface area (TPSA) is 17.1 Å². The second-order valence-electron chi connectivity index (χ2n) is 2.47. The number of hydrogen-bond acceptors (Lipinski definition) is 1. The van der Waals surface area contributed by atoms with Gasteiger partial charge in [-0.15, -0.1) is 0 Å². The van der Waals surface area contributed by atoms with Gasteiger partial charge in [-0.05, 0) is 18.2 Å². The lowest BCUT2D eigenvalue weighted by atomic mass is 10.1. The van der Waals surface area contributed by atoms with Crippen LogP contribution in [0.4, 0.5) is 13.2 Å². The summed E-state index contributed by atoms with van der Waals surface area (Å²) in [5, 5.41) is -0.458. The zero-order valence-corrected chi connectivity index (χ0v) is 9.44. The number of carbonyl (C=O) groups is 1. The summed E-state index contributed by atoms with van der Waals surface area (Å²) < 4.78 is 36.3. The third kappa shape index (κ3) is 2.60. The highest BCUT2D eigenvalue weighted by Crippen LogP contribution is 2.35. The Kier molecular flexibility index (Phi) is 3.41. The van der Waals surface area contributed by atoms with Gasteiger partial charge in [0.25, 0.3) is 0 Å². The smallest absolute Gasteiger partial charge is 0.282 e. The van der Waals surface area contributed by atoms with E-state index < -0.39 is 16.8 Å². The molecule has 0 aliphatic carbocycles. The highest BCUT2D eigenvalue weighted by molar-refractivity contribution is 14.1. The summed E-state index contributed by atoms with van der Waals surface area (Å²) in [4.78, 5) is 10.8. The van der Waals surface area contributed by atoms with Gasteiger partial charge < -0.3 is 0 Å². The molecule has 1 aromatic carbocycles. The third-order valence-corrected chi connectivity index (χ3v) is 2.44. The minimum Gasteiger partial charge on any atom is -0.282 e. The van der Waals surface area contributed by atoms with Crippen molar-refractivity contribution in [1.29, 1.82) is 0 Å². The third-order valence-electron chi connectivity index (χ3n) is 1.50. The van der Waals surface area contributed by atoms with E-state index in [2.05, 4.69) is 0 Å². The molecule has 0 radical (unpaired) electrons. The zero-order valence-electron chi connectivity index (χ0n) is 6.53. The van der Waals surface area contributed by atoms with E-state index in [0.29, 0.717) is 0 Å². The molecule has 0 saturated heterocycles. The van der Waals surface area contributed by atoms with E-state index in [9.17, 15) is 18.0 Å². The first-order chi connectivity index (χ1) is 6.32. The van der Waals surface area contributed by atoms with Crippen molar-refractivity contribution in [3.05, 3.63) is 34.3 Å². The second-order valence-corrected chi connectivity index (χ2v) is 3.85. The maximum atomic E-state index is 12.2. The van der Waals surface area contributed by atoms with E-state index in [1.807, 2.05) is 0 Å². The predicted octanol–water partition coefficient (Wildman–Crippen LogP) is 3.93. The van der Waals surface area contributed by atoms with E-state index in [0.717, 1.165) is 18.2 Å². The SMILES string of the molecule is O=C(I)c1ccc(C(F)(F)F)c(Cl)c1. The molecule has 0 saturated carbocycles. The number of rotatable bonds is 1. The van der Waals surface area contributed by atoms with Crippen LogP contribution in [0.2, 0.25) is 5.02 Å². The predicted molar refractivity (Wildman–Crippen MR) is 54.8 cm³/mol. The Morgan fingerprint density at radius 2 is 1.93 bits per heavy atom. The largest absolute Gasteiger partial charge is 0.417 e. The fraction of sp³-hybridized carbons (Fsp3) is 0.125. The molecule has 1 nitrogen and oxygen atoms in total. The molecule has 0 N–H and O–H groups in total. The van der Waals surface area contributed by atoms with Gasteiger partial charge in [0.05, 0.1) is 10.6 Å². The second kappa shape index (κ2) is 4.06. The summed E-state index contributed by atoms with van der Waals surface area (Å²) in [6.07, 6.45) is -4.48. The van der Waals surface area contributed by atoms with Crippen molar-refractivity contribution in [2.24, 2.45) is 0 Å². The van der Waals surface area contributed by atoms with Crippen LogP contribution in [-0.4, -0.2) is 3.79 Å². The zero-order chi connectivity index (χ0) is 10.9. The number of alkyl halides is 3. The Hall–Kier alpha value is -0.300. The first-order valence-electron chi connectivity index (χ1n) is 3.39. The molecule has 1 aromatic rings. The number of hydrogen-bond donors (Lipinski definition) is 0. The molecule has 0 atom stereocenters. The van der Waals surface area contributed by atoms with Crippen LogP contribution in [-0.2, 0) is 6.18 Å². The summed E-state index contributed by atoms with van der Waals surface area (Å²) in [5.74, 6) is 0. The highest BCUT2D eigenvalue weighted by Gasteiger charge is 2.33. The van der Waals surface area contributed by atoms with Crippen molar-refractivity contribution in [1.82, 2.24) is 0 Å². The summed E-state index contributed by atoms with van der Waals surface area (Å²) in [7, 11) is 0. The summed E-state index contributed by atoms with van der Waals surface area (Å²) in [6, 6.07) is 2.91. The first kappa shape index (κ1) is 11.8. The molecule has 76 valence electrons. The van der Waals surface area contributed by atoms with Crippen molar-refractivity contribution >= 4 is 38.0 Å². The molecule has 0 fully saturated rings. The molecule has 0 aliphatic heterocycles. The Bertz CT molecular complexity index is 375. The van der Waals surface area contributed by atoms with Crippen molar-refractivity contribution in [2.75, 3.05) is 0 Å². The lowest BCUT2D eigenvalue weighted by Crippen LogP contribution is -2.06. The van der Waals surface area contributed by atoms with Gasteiger partial charge in [-0.1, -0.05) is 11.6 Å². The normalized spacial score (nSPS) is 11.5. The molecular weight excluding hydrogens is 331 g/mol. The van der Waals surface area contributed by atoms with Gasteiger partial charge in [-0.25, -0.2) is 0 Å². The van der Waals surface area contributed by atoms with Crippen LogP contribution in [0.15, 0.2) is 18.2 Å². The van der Waals surface area contributed by atoms with Crippen LogP contribution in [0.5, 0.6) is 0 Å². The standard InChI is InChI=1S/C8H3ClF3IO/c9-6-3-4(7(13)14)1-2-5(6)8(10,11)12/h1-3H. The maximum Gasteiger partial charge on any atom is 0.417 e. The van der Waals surface area contributed by atoms with E-state index in [1.165, 1.54) is 22.6 Å². The van der Waals surface area contributed by atoms with Gasteiger partial charge >= 0.3 is 6.18 Å². The summed E-state index contributed by atoms with van der Waals surface area (Å²) >= 11 is 6.86. The average molecular weight is 334 g/mol. The highest BCUT2D eigenvalue weighted by atomic mass is 127. The molecule has 6 heteroatoms. The Labute approximate surface area is 96.4 Å². The molecule has 0 amide bonds. The van der Waals surface area contributed by atoms with Gasteiger partial charge in [0, 0.05) is 28.2 Å². The van der Waals surface area contributed by atoms with Gasteiger partial charge in [-0.3, -0.25) is 4.79 Å². The van der Waals surface area contributed by atoms with Crippen LogP contribution in [0.25, 0.3) is 0 Å². The minimum atomic E-state index is -4.48. The summed E-state index contributed by atoms with van der Waals surface area (Å²) in [6.45, 7) is 0. The Balaban J connectivity index is 3.21. The van der Waals surface area contributed by atoms with Crippen LogP contribution in [0.3, 0.4) is 0 Å². The molecule has 1 rings (SSSR count). The molecule has 0 aromatic heterocycles. The van der Waals surface area contributed by atoms with E-state index in [-0.39, 0.29) is 9.35 Å². The van der Waals surface area contributed by atoms with Crippen molar-refractivity contribution in [3.8, 4) is 0 Å². The quantitative estimate of drug-likeness (QED) is 0.562. The molecule has 0 spiro atoms. The van der Waals surface area contributed by atoms with Crippen molar-refractivity contribution in [3.63, 3.8) is 0 Å². The Morgan fingerprint density at radius 1 is 1.36 bits per heavy atom. The van der Waals surface area contributed by atoms with Gasteiger partial charge in [0.15, 0.2) is 0 Å². The molecule has 0 aliphatic rings. The Morgan fingerprint density at radius 3 is 2.29 bits per heavy atom. The maximum absolute atomic E-state index is 12.2. The van der Waals surface area contributed by atoms with Crippen molar-refractivity contribution < 1.29 is 18.0 Å². The molecular formula is C8H3ClF3IO. The average Bonchev–Trinajstić information content (AvgIpc) is 2.01. The van der Waals surface area contributed by atoms with E-state index in [1.54, 1.807) is 0 Å². The number of carbonyl (C=O) groups excluding carboxylic acids is 1. The molecule has 0 heterocycles. The van der Waals surface area contributed by atoms with Crippen LogP contribution < -0.4 is 0 Å². The van der Waals surface area contributed by atoms with Crippen LogP contribution in [0.1, 0.15) is 15.9 Å². The fourth-order valence-electron chi connectivity index (χ4n) is 0.867. The number of halogens is 5. The monoisotopic (exact) mass is 334 g/mol.